The van der Waals surface area contributed by atoms with Gasteiger partial charge in [-0.15, -0.1) is 0 Å². The van der Waals surface area contributed by atoms with Crippen LogP contribution < -0.4 is 5.73 Å². The topological polar surface area (TPSA) is 46.3 Å². The lowest BCUT2D eigenvalue weighted by Gasteiger charge is -2.15. The number of carbonyl (C=O) groups excluding carboxylic acids is 1. The lowest BCUT2D eigenvalue weighted by Crippen LogP contribution is -2.28. The Morgan fingerprint density at radius 3 is 2.31 bits per heavy atom. The van der Waals surface area contributed by atoms with Crippen molar-refractivity contribution in [3.05, 3.63) is 35.4 Å². The Labute approximate surface area is 97.2 Å². The van der Waals surface area contributed by atoms with Crippen LogP contribution in [0.15, 0.2) is 24.3 Å². The zero-order valence-electron chi connectivity index (χ0n) is 10.1. The highest BCUT2D eigenvalue weighted by molar-refractivity contribution is 5.78. The van der Waals surface area contributed by atoms with E-state index in [2.05, 4.69) is 6.92 Å². The van der Waals surface area contributed by atoms with E-state index in [9.17, 15) is 4.79 Å². The minimum absolute atomic E-state index is 0.169. The Morgan fingerprint density at radius 2 is 1.81 bits per heavy atom. The van der Waals surface area contributed by atoms with E-state index in [-0.39, 0.29) is 5.91 Å². The van der Waals surface area contributed by atoms with Crippen molar-refractivity contribution in [2.24, 2.45) is 5.73 Å². The van der Waals surface area contributed by atoms with E-state index in [0.29, 0.717) is 13.0 Å². The lowest BCUT2D eigenvalue weighted by atomic mass is 10.1. The molecule has 1 aromatic carbocycles. The van der Waals surface area contributed by atoms with Gasteiger partial charge in [0.05, 0.1) is 6.42 Å². The van der Waals surface area contributed by atoms with Crippen molar-refractivity contribution >= 4 is 5.91 Å². The first-order valence-electron chi connectivity index (χ1n) is 5.69. The van der Waals surface area contributed by atoms with Gasteiger partial charge in [0.15, 0.2) is 0 Å². The predicted octanol–water partition coefficient (Wildman–Crippen LogP) is 1.56. The average Bonchev–Trinajstić information content (AvgIpc) is 2.30. The molecule has 88 valence electrons. The highest BCUT2D eigenvalue weighted by atomic mass is 16.2. The number of carbonyl (C=O) groups is 1. The van der Waals surface area contributed by atoms with Gasteiger partial charge in [-0.3, -0.25) is 4.79 Å². The van der Waals surface area contributed by atoms with Crippen LogP contribution in [0.4, 0.5) is 0 Å². The fourth-order valence-corrected chi connectivity index (χ4v) is 1.56. The molecule has 3 nitrogen and oxygen atoms in total. The normalized spacial score (nSPS) is 10.2. The van der Waals surface area contributed by atoms with Crippen LogP contribution in [-0.4, -0.2) is 24.4 Å². The van der Waals surface area contributed by atoms with E-state index in [1.54, 1.807) is 4.90 Å². The molecular formula is C13H20N2O. The number of hydrogen-bond acceptors (Lipinski definition) is 2. The second kappa shape index (κ2) is 6.28. The van der Waals surface area contributed by atoms with Crippen molar-refractivity contribution in [2.45, 2.75) is 26.3 Å². The molecule has 0 saturated carbocycles. The molecule has 0 aromatic heterocycles. The molecule has 0 saturated heterocycles. The van der Waals surface area contributed by atoms with Crippen molar-refractivity contribution in [1.82, 2.24) is 4.90 Å². The van der Waals surface area contributed by atoms with Crippen LogP contribution in [0.2, 0.25) is 0 Å². The quantitative estimate of drug-likeness (QED) is 0.818. The molecule has 3 heteroatoms. The number of likely N-dealkylation sites (N-methyl/N-ethyl adjacent to an activating group) is 1. The third kappa shape index (κ3) is 3.66. The molecule has 0 heterocycles. The van der Waals surface area contributed by atoms with Crippen LogP contribution in [0.1, 0.15) is 24.5 Å². The number of nitrogens with two attached hydrogens (primary N) is 1. The molecule has 2 N–H and O–H groups in total. The van der Waals surface area contributed by atoms with Gasteiger partial charge in [0.1, 0.15) is 0 Å². The standard InChI is InChI=1S/C13H20N2O/c1-3-8-15(2)13(16)9-11-4-6-12(10-14)7-5-11/h4-7H,3,8-10,14H2,1-2H3. The van der Waals surface area contributed by atoms with Gasteiger partial charge in [0.25, 0.3) is 0 Å². The smallest absolute Gasteiger partial charge is 0.226 e. The predicted molar refractivity (Wildman–Crippen MR) is 66.0 cm³/mol. The number of benzene rings is 1. The zero-order chi connectivity index (χ0) is 12.0. The summed E-state index contributed by atoms with van der Waals surface area (Å²) in [5.41, 5.74) is 7.66. The maximum Gasteiger partial charge on any atom is 0.226 e. The number of nitrogens with zero attached hydrogens (tertiary/aromatic N) is 1. The van der Waals surface area contributed by atoms with Gasteiger partial charge in [-0.2, -0.15) is 0 Å². The van der Waals surface area contributed by atoms with Crippen LogP contribution in [-0.2, 0) is 17.8 Å². The maximum atomic E-state index is 11.8. The van der Waals surface area contributed by atoms with Crippen molar-refractivity contribution in [3.63, 3.8) is 0 Å². The summed E-state index contributed by atoms with van der Waals surface area (Å²) in [6.45, 7) is 3.43. The van der Waals surface area contributed by atoms with Crippen LogP contribution >= 0.6 is 0 Å². The zero-order valence-corrected chi connectivity index (χ0v) is 10.1. The maximum absolute atomic E-state index is 11.8. The Kier molecular flexibility index (Phi) is 4.99. The molecule has 0 radical (unpaired) electrons. The van der Waals surface area contributed by atoms with E-state index in [0.717, 1.165) is 24.1 Å². The van der Waals surface area contributed by atoms with Crippen LogP contribution in [0, 0.1) is 0 Å². The summed E-state index contributed by atoms with van der Waals surface area (Å²) in [5.74, 6) is 0.169. The first-order chi connectivity index (χ1) is 7.67. The summed E-state index contributed by atoms with van der Waals surface area (Å²) >= 11 is 0. The van der Waals surface area contributed by atoms with Gasteiger partial charge in [-0.1, -0.05) is 31.2 Å². The summed E-state index contributed by atoms with van der Waals surface area (Å²) in [6, 6.07) is 7.89. The Bertz CT molecular complexity index is 332. The van der Waals surface area contributed by atoms with Gasteiger partial charge in [0, 0.05) is 20.1 Å². The SMILES string of the molecule is CCCN(C)C(=O)Cc1ccc(CN)cc1. The van der Waals surface area contributed by atoms with Gasteiger partial charge in [-0.25, -0.2) is 0 Å². The molecule has 0 spiro atoms. The second-order valence-electron chi connectivity index (χ2n) is 4.01. The molecule has 0 aliphatic rings. The number of hydrogen-bond donors (Lipinski definition) is 1. The van der Waals surface area contributed by atoms with Gasteiger partial charge in [0.2, 0.25) is 5.91 Å². The molecule has 1 amide bonds. The van der Waals surface area contributed by atoms with Crippen molar-refractivity contribution in [2.75, 3.05) is 13.6 Å². The van der Waals surface area contributed by atoms with Crippen LogP contribution in [0.3, 0.4) is 0 Å². The summed E-state index contributed by atoms with van der Waals surface area (Å²) in [6.07, 6.45) is 1.47. The van der Waals surface area contributed by atoms with Crippen LogP contribution in [0.5, 0.6) is 0 Å². The highest BCUT2D eigenvalue weighted by Gasteiger charge is 2.08. The van der Waals surface area contributed by atoms with E-state index in [1.807, 2.05) is 31.3 Å². The van der Waals surface area contributed by atoms with Gasteiger partial charge < -0.3 is 10.6 Å². The first-order valence-corrected chi connectivity index (χ1v) is 5.69. The summed E-state index contributed by atoms with van der Waals surface area (Å²) < 4.78 is 0. The molecule has 16 heavy (non-hydrogen) atoms. The highest BCUT2D eigenvalue weighted by Crippen LogP contribution is 2.06. The first kappa shape index (κ1) is 12.7. The minimum Gasteiger partial charge on any atom is -0.345 e. The molecule has 0 aliphatic heterocycles. The average molecular weight is 220 g/mol. The summed E-state index contributed by atoms with van der Waals surface area (Å²) in [4.78, 5) is 13.5. The minimum atomic E-state index is 0.169. The van der Waals surface area contributed by atoms with Gasteiger partial charge >= 0.3 is 0 Å². The molecule has 0 aliphatic carbocycles. The van der Waals surface area contributed by atoms with E-state index in [1.165, 1.54) is 0 Å². The summed E-state index contributed by atoms with van der Waals surface area (Å²) in [7, 11) is 1.85. The molecule has 0 fully saturated rings. The van der Waals surface area contributed by atoms with E-state index < -0.39 is 0 Å². The lowest BCUT2D eigenvalue weighted by molar-refractivity contribution is -0.129. The molecule has 0 unspecified atom stereocenters. The van der Waals surface area contributed by atoms with Crippen molar-refractivity contribution in [3.8, 4) is 0 Å². The number of rotatable bonds is 5. The molecule has 0 bridgehead atoms. The number of amides is 1. The molecular weight excluding hydrogens is 200 g/mol. The van der Waals surface area contributed by atoms with Gasteiger partial charge in [-0.05, 0) is 17.5 Å². The van der Waals surface area contributed by atoms with Crippen LogP contribution in [0.25, 0.3) is 0 Å². The largest absolute Gasteiger partial charge is 0.345 e. The van der Waals surface area contributed by atoms with E-state index >= 15 is 0 Å². The molecule has 1 aromatic rings. The summed E-state index contributed by atoms with van der Waals surface area (Å²) in [5, 5.41) is 0. The molecule has 0 atom stereocenters. The van der Waals surface area contributed by atoms with Crippen molar-refractivity contribution < 1.29 is 4.79 Å². The fraction of sp³-hybridized carbons (Fsp3) is 0.462. The van der Waals surface area contributed by atoms with E-state index in [4.69, 9.17) is 5.73 Å². The van der Waals surface area contributed by atoms with Crippen molar-refractivity contribution in [1.29, 1.82) is 0 Å². The Hall–Kier alpha value is -1.35. The molecule has 1 rings (SSSR count). The Balaban J connectivity index is 2.55. The monoisotopic (exact) mass is 220 g/mol. The second-order valence-corrected chi connectivity index (χ2v) is 4.01. The fourth-order valence-electron chi connectivity index (χ4n) is 1.56. The third-order valence-corrected chi connectivity index (χ3v) is 2.60. The Morgan fingerprint density at radius 1 is 1.25 bits per heavy atom. The third-order valence-electron chi connectivity index (χ3n) is 2.60.